The van der Waals surface area contributed by atoms with Crippen LogP contribution >= 0.6 is 11.3 Å². The van der Waals surface area contributed by atoms with Crippen LogP contribution in [0.2, 0.25) is 0 Å². The predicted molar refractivity (Wildman–Crippen MR) is 111 cm³/mol. The van der Waals surface area contributed by atoms with Crippen molar-refractivity contribution in [3.63, 3.8) is 0 Å². The zero-order chi connectivity index (χ0) is 21.2. The molecule has 1 aliphatic rings. The number of nitrogens with one attached hydrogen (secondary N) is 2. The summed E-state index contributed by atoms with van der Waals surface area (Å²) >= 11 is 1.41. The highest BCUT2D eigenvalue weighted by molar-refractivity contribution is 7.13. The lowest BCUT2D eigenvalue weighted by molar-refractivity contribution is -0.149. The van der Waals surface area contributed by atoms with Crippen LogP contribution in [0.1, 0.15) is 25.1 Å². The Morgan fingerprint density at radius 2 is 1.86 bits per heavy atom. The first kappa shape index (κ1) is 20.9. The molecule has 3 atom stereocenters. The molecule has 1 aromatic heterocycles. The van der Waals surface area contributed by atoms with Gasteiger partial charge in [0.1, 0.15) is 5.92 Å². The summed E-state index contributed by atoms with van der Waals surface area (Å²) in [4.78, 5) is 30.1. The molecule has 2 heterocycles. The standard InChI is InChI=1S/C21H25N3O4S/c1-12-11-29-20(22-12)23-17-15(18(25)27-4)13(2)24-21(3,16(17)19(26)28-5)14-9-7-6-8-10-14/h6-11,16-17,24H,1-5H3,(H,22,23). The van der Waals surface area contributed by atoms with Crippen LogP contribution < -0.4 is 10.6 Å². The maximum Gasteiger partial charge on any atom is 0.337 e. The average molecular weight is 416 g/mol. The van der Waals surface area contributed by atoms with E-state index in [-0.39, 0.29) is 0 Å². The van der Waals surface area contributed by atoms with Gasteiger partial charge < -0.3 is 20.1 Å². The van der Waals surface area contributed by atoms with Crippen LogP contribution in [0.15, 0.2) is 47.0 Å². The molecule has 1 aromatic carbocycles. The number of carbonyl (C=O) groups is 2. The second kappa shape index (κ2) is 8.24. The number of aromatic nitrogens is 1. The van der Waals surface area contributed by atoms with Crippen molar-refractivity contribution in [1.29, 1.82) is 0 Å². The van der Waals surface area contributed by atoms with E-state index in [1.54, 1.807) is 0 Å². The number of aryl methyl sites for hydroxylation is 1. The Morgan fingerprint density at radius 3 is 2.41 bits per heavy atom. The van der Waals surface area contributed by atoms with Gasteiger partial charge in [0.15, 0.2) is 5.13 Å². The molecule has 3 rings (SSSR count). The van der Waals surface area contributed by atoms with Crippen LogP contribution in [0.4, 0.5) is 5.13 Å². The number of carbonyl (C=O) groups excluding carboxylic acids is 2. The summed E-state index contributed by atoms with van der Waals surface area (Å²) in [6, 6.07) is 8.95. The van der Waals surface area contributed by atoms with Gasteiger partial charge in [-0.25, -0.2) is 9.78 Å². The number of allylic oxidation sites excluding steroid dienone is 1. The molecule has 0 amide bonds. The molecule has 2 N–H and O–H groups in total. The van der Waals surface area contributed by atoms with Crippen molar-refractivity contribution in [2.24, 2.45) is 5.92 Å². The summed E-state index contributed by atoms with van der Waals surface area (Å²) in [6.45, 7) is 5.63. The minimum atomic E-state index is -0.820. The molecule has 0 bridgehead atoms. The normalized spacial score (nSPS) is 23.9. The lowest BCUT2D eigenvalue weighted by atomic mass is 9.70. The predicted octanol–water partition coefficient (Wildman–Crippen LogP) is 2.99. The van der Waals surface area contributed by atoms with E-state index in [2.05, 4.69) is 15.6 Å². The number of benzene rings is 1. The van der Waals surface area contributed by atoms with Crippen molar-refractivity contribution >= 4 is 28.4 Å². The van der Waals surface area contributed by atoms with Crippen LogP contribution in [0.5, 0.6) is 0 Å². The van der Waals surface area contributed by atoms with E-state index in [1.165, 1.54) is 25.6 Å². The van der Waals surface area contributed by atoms with Gasteiger partial charge in [-0.15, -0.1) is 11.3 Å². The van der Waals surface area contributed by atoms with Crippen molar-refractivity contribution in [3.05, 3.63) is 58.2 Å². The van der Waals surface area contributed by atoms with E-state index in [4.69, 9.17) is 9.47 Å². The van der Waals surface area contributed by atoms with Gasteiger partial charge >= 0.3 is 11.9 Å². The van der Waals surface area contributed by atoms with Gasteiger partial charge in [0.05, 0.1) is 37.1 Å². The van der Waals surface area contributed by atoms with E-state index < -0.39 is 29.4 Å². The molecule has 0 aliphatic carbocycles. The van der Waals surface area contributed by atoms with Crippen molar-refractivity contribution in [1.82, 2.24) is 10.3 Å². The van der Waals surface area contributed by atoms with E-state index >= 15 is 0 Å². The fraction of sp³-hybridized carbons (Fsp3) is 0.381. The number of esters is 2. The summed E-state index contributed by atoms with van der Waals surface area (Å²) in [5, 5.41) is 9.20. The van der Waals surface area contributed by atoms with Crippen LogP contribution in [0, 0.1) is 12.8 Å². The summed E-state index contributed by atoms with van der Waals surface area (Å²) in [6.07, 6.45) is 0. The number of rotatable bonds is 5. The Balaban J connectivity index is 2.19. The Hall–Kier alpha value is -2.87. The van der Waals surface area contributed by atoms with Crippen LogP contribution in [-0.4, -0.2) is 37.2 Å². The van der Waals surface area contributed by atoms with Crippen molar-refractivity contribution in [2.75, 3.05) is 19.5 Å². The van der Waals surface area contributed by atoms with Gasteiger partial charge in [-0.1, -0.05) is 30.3 Å². The molecule has 2 aromatic rings. The third-order valence-electron chi connectivity index (χ3n) is 5.25. The maximum atomic E-state index is 13.0. The molecule has 8 heteroatoms. The topological polar surface area (TPSA) is 89.5 Å². The molecule has 0 radical (unpaired) electrons. The lowest BCUT2D eigenvalue weighted by Gasteiger charge is -2.46. The van der Waals surface area contributed by atoms with E-state index in [0.717, 1.165) is 11.3 Å². The zero-order valence-electron chi connectivity index (χ0n) is 17.1. The van der Waals surface area contributed by atoms with Crippen LogP contribution in [0.25, 0.3) is 0 Å². The first-order valence-electron chi connectivity index (χ1n) is 9.21. The number of hydrogen-bond acceptors (Lipinski definition) is 8. The van der Waals surface area contributed by atoms with Gasteiger partial charge in [-0.2, -0.15) is 0 Å². The minimum absolute atomic E-state index is 0.351. The fourth-order valence-electron chi connectivity index (χ4n) is 3.90. The number of ether oxygens (including phenoxy) is 2. The van der Waals surface area contributed by atoms with Gasteiger partial charge in [0, 0.05) is 11.1 Å². The molecule has 0 spiro atoms. The Morgan fingerprint density at radius 1 is 1.17 bits per heavy atom. The number of thiazole rings is 1. The molecule has 0 saturated heterocycles. The Labute approximate surface area is 174 Å². The average Bonchev–Trinajstić information content (AvgIpc) is 3.12. The Bertz CT molecular complexity index is 940. The number of nitrogens with zero attached hydrogens (tertiary/aromatic N) is 1. The fourth-order valence-corrected chi connectivity index (χ4v) is 4.63. The maximum absolute atomic E-state index is 13.0. The van der Waals surface area contributed by atoms with Gasteiger partial charge in [-0.05, 0) is 26.3 Å². The van der Waals surface area contributed by atoms with E-state index in [9.17, 15) is 9.59 Å². The summed E-state index contributed by atoms with van der Waals surface area (Å²) < 4.78 is 10.2. The molecule has 0 fully saturated rings. The van der Waals surface area contributed by atoms with Gasteiger partial charge in [-0.3, -0.25) is 4.79 Å². The first-order valence-corrected chi connectivity index (χ1v) is 10.1. The third-order valence-corrected chi connectivity index (χ3v) is 6.14. The highest BCUT2D eigenvalue weighted by atomic mass is 32.1. The second-order valence-corrected chi connectivity index (χ2v) is 8.00. The molecule has 1 aliphatic heterocycles. The second-order valence-electron chi connectivity index (χ2n) is 7.14. The largest absolute Gasteiger partial charge is 0.469 e. The molecular weight excluding hydrogens is 390 g/mol. The highest BCUT2D eigenvalue weighted by Crippen LogP contribution is 2.41. The number of methoxy groups -OCH3 is 2. The van der Waals surface area contributed by atoms with Crippen molar-refractivity contribution < 1.29 is 19.1 Å². The quantitative estimate of drug-likeness (QED) is 0.726. The Kier molecular flexibility index (Phi) is 5.93. The zero-order valence-corrected chi connectivity index (χ0v) is 17.9. The van der Waals surface area contributed by atoms with Gasteiger partial charge in [0.25, 0.3) is 0 Å². The minimum Gasteiger partial charge on any atom is -0.469 e. The van der Waals surface area contributed by atoms with Crippen LogP contribution in [-0.2, 0) is 24.6 Å². The van der Waals surface area contributed by atoms with E-state index in [1.807, 2.05) is 56.5 Å². The van der Waals surface area contributed by atoms with Gasteiger partial charge in [0.2, 0.25) is 0 Å². The monoisotopic (exact) mass is 415 g/mol. The summed E-state index contributed by atoms with van der Waals surface area (Å²) in [7, 11) is 2.67. The molecule has 29 heavy (non-hydrogen) atoms. The summed E-state index contributed by atoms with van der Waals surface area (Å²) in [5.74, 6) is -1.70. The lowest BCUT2D eigenvalue weighted by Crippen LogP contribution is -2.60. The van der Waals surface area contributed by atoms with Crippen molar-refractivity contribution in [3.8, 4) is 0 Å². The smallest absolute Gasteiger partial charge is 0.337 e. The summed E-state index contributed by atoms with van der Waals surface area (Å²) in [5.41, 5.74) is 1.92. The number of anilines is 1. The highest BCUT2D eigenvalue weighted by Gasteiger charge is 2.52. The molecule has 154 valence electrons. The molecular formula is C21H25N3O4S. The first-order chi connectivity index (χ1) is 13.8. The molecule has 3 unspecified atom stereocenters. The molecule has 7 nitrogen and oxygen atoms in total. The molecule has 0 saturated carbocycles. The van der Waals surface area contributed by atoms with Crippen molar-refractivity contribution in [2.45, 2.75) is 32.4 Å². The SMILES string of the molecule is COC(=O)C1=C(C)NC(C)(c2ccccc2)C(C(=O)OC)C1Nc1nc(C)cs1. The third kappa shape index (κ3) is 3.85. The van der Waals surface area contributed by atoms with Crippen LogP contribution in [0.3, 0.4) is 0 Å². The van der Waals surface area contributed by atoms with E-state index in [0.29, 0.717) is 16.4 Å². The number of hydrogen-bond donors (Lipinski definition) is 2.